The monoisotopic (exact) mass is 438 g/mol. The lowest BCUT2D eigenvalue weighted by Gasteiger charge is -2.11. The van der Waals surface area contributed by atoms with Crippen molar-refractivity contribution in [3.05, 3.63) is 64.5 Å². The quantitative estimate of drug-likeness (QED) is 0.376. The first-order valence-corrected chi connectivity index (χ1v) is 9.76. The van der Waals surface area contributed by atoms with Crippen LogP contribution in [-0.4, -0.2) is 20.2 Å². The lowest BCUT2D eigenvalue weighted by Crippen LogP contribution is -2.03. The van der Waals surface area contributed by atoms with E-state index in [1.165, 1.54) is 18.9 Å². The summed E-state index contributed by atoms with van der Waals surface area (Å²) in [7, 11) is 0. The zero-order valence-electron chi connectivity index (χ0n) is 14.7. The molecule has 1 aliphatic rings. The van der Waals surface area contributed by atoms with Crippen LogP contribution in [0.25, 0.3) is 10.9 Å². The second kappa shape index (κ2) is 6.87. The van der Waals surface area contributed by atoms with Gasteiger partial charge >= 0.3 is 0 Å². The molecule has 0 saturated heterocycles. The van der Waals surface area contributed by atoms with Gasteiger partial charge in [0.15, 0.2) is 5.82 Å². The SMILES string of the molecule is Fc1cc(Br)ccc1Nc1nc(Nc2cc(C3CC3)[nH]n2)c2ccccc2n1. The maximum atomic E-state index is 14.2. The number of benzene rings is 2. The molecule has 3 N–H and O–H groups in total. The average Bonchev–Trinajstić information content (AvgIpc) is 3.43. The Morgan fingerprint density at radius 1 is 1.04 bits per heavy atom. The van der Waals surface area contributed by atoms with Crippen LogP contribution in [0.4, 0.5) is 27.7 Å². The molecule has 8 heteroatoms. The van der Waals surface area contributed by atoms with Crippen molar-refractivity contribution >= 4 is 50.1 Å². The second-order valence-corrected chi connectivity index (χ2v) is 7.69. The molecule has 2 aromatic heterocycles. The van der Waals surface area contributed by atoms with Crippen LogP contribution >= 0.6 is 15.9 Å². The van der Waals surface area contributed by atoms with E-state index in [1.54, 1.807) is 12.1 Å². The topological polar surface area (TPSA) is 78.5 Å². The number of aromatic nitrogens is 4. The smallest absolute Gasteiger partial charge is 0.229 e. The van der Waals surface area contributed by atoms with Crippen molar-refractivity contribution in [1.29, 1.82) is 0 Å². The molecular formula is C20H16BrFN6. The third-order valence-electron chi connectivity index (χ3n) is 4.64. The van der Waals surface area contributed by atoms with E-state index in [9.17, 15) is 4.39 Å². The Labute approximate surface area is 168 Å². The molecule has 1 aliphatic carbocycles. The summed E-state index contributed by atoms with van der Waals surface area (Å²) < 4.78 is 14.9. The number of halogens is 2. The molecule has 0 atom stereocenters. The molecule has 0 unspecified atom stereocenters. The zero-order valence-corrected chi connectivity index (χ0v) is 16.3. The number of para-hydroxylation sites is 1. The third-order valence-corrected chi connectivity index (χ3v) is 5.14. The van der Waals surface area contributed by atoms with Gasteiger partial charge in [-0.05, 0) is 43.2 Å². The Kier molecular flexibility index (Phi) is 4.20. The van der Waals surface area contributed by atoms with Gasteiger partial charge in [0, 0.05) is 27.5 Å². The van der Waals surface area contributed by atoms with E-state index < -0.39 is 0 Å². The van der Waals surface area contributed by atoms with E-state index in [0.29, 0.717) is 33.7 Å². The lowest BCUT2D eigenvalue weighted by molar-refractivity contribution is 0.631. The van der Waals surface area contributed by atoms with E-state index >= 15 is 0 Å². The molecule has 0 radical (unpaired) electrons. The van der Waals surface area contributed by atoms with E-state index in [0.717, 1.165) is 16.6 Å². The first kappa shape index (κ1) is 17.1. The van der Waals surface area contributed by atoms with Crippen LogP contribution in [0.5, 0.6) is 0 Å². The molecule has 1 saturated carbocycles. The molecule has 5 rings (SSSR count). The standard InChI is InChI=1S/C20H16BrFN6/c21-12-7-8-16(14(22)9-12)24-20-23-15-4-2-1-3-13(15)19(26-20)25-18-10-17(27-28-18)11-5-6-11/h1-4,7-11H,5-6H2,(H3,23,24,25,26,27,28). The van der Waals surface area contributed by atoms with E-state index in [2.05, 4.69) is 46.7 Å². The van der Waals surface area contributed by atoms with Crippen molar-refractivity contribution in [2.45, 2.75) is 18.8 Å². The molecule has 6 nitrogen and oxygen atoms in total. The molecule has 2 aromatic carbocycles. The Morgan fingerprint density at radius 3 is 2.71 bits per heavy atom. The van der Waals surface area contributed by atoms with Crippen molar-refractivity contribution in [1.82, 2.24) is 20.2 Å². The summed E-state index contributed by atoms with van der Waals surface area (Å²) in [6, 6.07) is 14.5. The van der Waals surface area contributed by atoms with Gasteiger partial charge in [0.2, 0.25) is 5.95 Å². The molecule has 1 fully saturated rings. The van der Waals surface area contributed by atoms with E-state index in [4.69, 9.17) is 0 Å². The van der Waals surface area contributed by atoms with E-state index in [1.807, 2.05) is 30.3 Å². The molecule has 140 valence electrons. The number of hydrogen-bond donors (Lipinski definition) is 3. The number of anilines is 4. The van der Waals surface area contributed by atoms with Gasteiger partial charge in [0.1, 0.15) is 11.6 Å². The first-order chi connectivity index (χ1) is 13.7. The minimum Gasteiger partial charge on any atom is -0.323 e. The predicted octanol–water partition coefficient (Wildman–Crippen LogP) is 5.62. The minimum atomic E-state index is -0.387. The van der Waals surface area contributed by atoms with Gasteiger partial charge in [-0.25, -0.2) is 9.37 Å². The van der Waals surface area contributed by atoms with Crippen molar-refractivity contribution in [2.75, 3.05) is 10.6 Å². The maximum Gasteiger partial charge on any atom is 0.229 e. The van der Waals surface area contributed by atoms with Crippen LogP contribution < -0.4 is 10.6 Å². The Balaban J connectivity index is 1.51. The second-order valence-electron chi connectivity index (χ2n) is 6.77. The van der Waals surface area contributed by atoms with Gasteiger partial charge in [0.25, 0.3) is 0 Å². The highest BCUT2D eigenvalue weighted by atomic mass is 79.9. The number of aromatic amines is 1. The highest BCUT2D eigenvalue weighted by molar-refractivity contribution is 9.10. The molecule has 0 bridgehead atoms. The number of fused-ring (bicyclic) bond motifs is 1. The molecule has 4 aromatic rings. The highest BCUT2D eigenvalue weighted by Crippen LogP contribution is 2.39. The van der Waals surface area contributed by atoms with Crippen molar-refractivity contribution in [3.8, 4) is 0 Å². The molecule has 28 heavy (non-hydrogen) atoms. The summed E-state index contributed by atoms with van der Waals surface area (Å²) in [5.41, 5.74) is 2.19. The Hall–Kier alpha value is -3.00. The molecule has 2 heterocycles. The van der Waals surface area contributed by atoms with Gasteiger partial charge in [-0.15, -0.1) is 0 Å². The van der Waals surface area contributed by atoms with Gasteiger partial charge in [-0.1, -0.05) is 28.1 Å². The minimum absolute atomic E-state index is 0.306. The van der Waals surface area contributed by atoms with Gasteiger partial charge in [-0.3, -0.25) is 5.10 Å². The molecule has 0 spiro atoms. The van der Waals surface area contributed by atoms with Gasteiger partial charge < -0.3 is 10.6 Å². The summed E-state index contributed by atoms with van der Waals surface area (Å²) in [6.45, 7) is 0. The average molecular weight is 439 g/mol. The molecule has 0 amide bonds. The largest absolute Gasteiger partial charge is 0.323 e. The van der Waals surface area contributed by atoms with Crippen molar-refractivity contribution in [3.63, 3.8) is 0 Å². The normalized spacial score (nSPS) is 13.6. The summed E-state index contributed by atoms with van der Waals surface area (Å²) in [6.07, 6.45) is 2.40. The number of hydrogen-bond acceptors (Lipinski definition) is 5. The summed E-state index contributed by atoms with van der Waals surface area (Å²) in [5, 5.41) is 14.5. The van der Waals surface area contributed by atoms with Crippen LogP contribution in [0.3, 0.4) is 0 Å². The van der Waals surface area contributed by atoms with Crippen LogP contribution in [0.2, 0.25) is 0 Å². The highest BCUT2D eigenvalue weighted by Gasteiger charge is 2.25. The lowest BCUT2D eigenvalue weighted by atomic mass is 10.2. The number of rotatable bonds is 5. The zero-order chi connectivity index (χ0) is 19.1. The number of H-pyrrole nitrogens is 1. The van der Waals surface area contributed by atoms with Crippen LogP contribution in [-0.2, 0) is 0 Å². The predicted molar refractivity (Wildman–Crippen MR) is 111 cm³/mol. The maximum absolute atomic E-state index is 14.2. The number of nitrogens with zero attached hydrogens (tertiary/aromatic N) is 3. The summed E-state index contributed by atoms with van der Waals surface area (Å²) in [4.78, 5) is 9.07. The molecule has 0 aliphatic heterocycles. The van der Waals surface area contributed by atoms with Crippen LogP contribution in [0.1, 0.15) is 24.5 Å². The van der Waals surface area contributed by atoms with Crippen molar-refractivity contribution in [2.24, 2.45) is 0 Å². The van der Waals surface area contributed by atoms with E-state index in [-0.39, 0.29) is 5.82 Å². The summed E-state index contributed by atoms with van der Waals surface area (Å²) >= 11 is 3.26. The van der Waals surface area contributed by atoms with Crippen LogP contribution in [0.15, 0.2) is 53.0 Å². The Bertz CT molecular complexity index is 1170. The van der Waals surface area contributed by atoms with Crippen LogP contribution in [0, 0.1) is 5.82 Å². The third kappa shape index (κ3) is 3.43. The van der Waals surface area contributed by atoms with Gasteiger partial charge in [-0.2, -0.15) is 10.1 Å². The number of nitrogens with one attached hydrogen (secondary N) is 3. The first-order valence-electron chi connectivity index (χ1n) is 8.97. The fourth-order valence-electron chi connectivity index (χ4n) is 3.06. The fourth-order valence-corrected chi connectivity index (χ4v) is 3.40. The van der Waals surface area contributed by atoms with Gasteiger partial charge in [0.05, 0.1) is 11.2 Å². The Morgan fingerprint density at radius 2 is 1.89 bits per heavy atom. The fraction of sp³-hybridized carbons (Fsp3) is 0.150. The summed E-state index contributed by atoms with van der Waals surface area (Å²) in [5.74, 6) is 1.82. The van der Waals surface area contributed by atoms with Crippen molar-refractivity contribution < 1.29 is 4.39 Å². The molecular weight excluding hydrogens is 423 g/mol.